The number of ether oxygens (including phenoxy) is 2. The highest BCUT2D eigenvalue weighted by Crippen LogP contribution is 2.23. The lowest BCUT2D eigenvalue weighted by atomic mass is 10.1. The lowest BCUT2D eigenvalue weighted by molar-refractivity contribution is 0.397. The molecule has 0 fully saturated rings. The summed E-state index contributed by atoms with van der Waals surface area (Å²) in [5.41, 5.74) is 3.53. The van der Waals surface area contributed by atoms with E-state index in [0.29, 0.717) is 0 Å². The summed E-state index contributed by atoms with van der Waals surface area (Å²) in [5.74, 6) is 1.70. The van der Waals surface area contributed by atoms with Crippen LogP contribution in [-0.2, 0) is 13.1 Å². The monoisotopic (exact) mass is 272 g/mol. The maximum atomic E-state index is 5.37. The summed E-state index contributed by atoms with van der Waals surface area (Å²) in [6.45, 7) is 3.59. The number of benzene rings is 1. The summed E-state index contributed by atoms with van der Waals surface area (Å²) in [6.07, 6.45) is 3.69. The fourth-order valence-corrected chi connectivity index (χ4v) is 2.05. The second-order valence-electron chi connectivity index (χ2n) is 4.58. The lowest BCUT2D eigenvalue weighted by Crippen LogP contribution is -2.14. The molecule has 0 aliphatic carbocycles. The third kappa shape index (κ3) is 3.48. The first-order valence-electron chi connectivity index (χ1n) is 6.55. The Labute approximate surface area is 119 Å². The number of nitrogens with zero attached hydrogens (tertiary/aromatic N) is 1. The zero-order valence-corrected chi connectivity index (χ0v) is 12.1. The van der Waals surface area contributed by atoms with E-state index in [1.54, 1.807) is 14.2 Å². The minimum absolute atomic E-state index is 0.724. The van der Waals surface area contributed by atoms with E-state index in [0.717, 1.165) is 30.2 Å². The molecule has 0 saturated carbocycles. The molecule has 0 amide bonds. The van der Waals surface area contributed by atoms with Crippen LogP contribution in [0.5, 0.6) is 11.5 Å². The highest BCUT2D eigenvalue weighted by Gasteiger charge is 2.05. The van der Waals surface area contributed by atoms with Gasteiger partial charge in [0.2, 0.25) is 0 Å². The minimum Gasteiger partial charge on any atom is -0.497 e. The standard InChI is InChI=1S/C16H20N2O2/c1-12-9-17-7-6-13(12)10-18-11-14-8-15(19-2)4-5-16(14)20-3/h4-9,18H,10-11H2,1-3H3. The van der Waals surface area contributed by atoms with E-state index in [4.69, 9.17) is 9.47 Å². The number of methoxy groups -OCH3 is 2. The molecule has 0 radical (unpaired) electrons. The zero-order valence-electron chi connectivity index (χ0n) is 12.1. The van der Waals surface area contributed by atoms with Crippen molar-refractivity contribution in [2.75, 3.05) is 14.2 Å². The smallest absolute Gasteiger partial charge is 0.123 e. The first-order valence-corrected chi connectivity index (χ1v) is 6.55. The maximum absolute atomic E-state index is 5.37. The van der Waals surface area contributed by atoms with Crippen LogP contribution in [0.25, 0.3) is 0 Å². The van der Waals surface area contributed by atoms with E-state index in [2.05, 4.69) is 17.2 Å². The predicted molar refractivity (Wildman–Crippen MR) is 79.1 cm³/mol. The number of aromatic nitrogens is 1. The van der Waals surface area contributed by atoms with Gasteiger partial charge in [0, 0.05) is 31.0 Å². The Hall–Kier alpha value is -2.07. The van der Waals surface area contributed by atoms with Crippen molar-refractivity contribution in [2.45, 2.75) is 20.0 Å². The predicted octanol–water partition coefficient (Wildman–Crippen LogP) is 2.70. The van der Waals surface area contributed by atoms with Gasteiger partial charge in [0.1, 0.15) is 11.5 Å². The van der Waals surface area contributed by atoms with E-state index in [1.807, 2.05) is 36.7 Å². The molecule has 0 atom stereocenters. The number of nitrogens with one attached hydrogen (secondary N) is 1. The maximum Gasteiger partial charge on any atom is 0.123 e. The van der Waals surface area contributed by atoms with Crippen LogP contribution < -0.4 is 14.8 Å². The topological polar surface area (TPSA) is 43.4 Å². The molecule has 1 aromatic heterocycles. The van der Waals surface area contributed by atoms with Crippen molar-refractivity contribution in [3.05, 3.63) is 53.3 Å². The number of hydrogen-bond donors (Lipinski definition) is 1. The largest absolute Gasteiger partial charge is 0.497 e. The Morgan fingerprint density at radius 1 is 1.05 bits per heavy atom. The Bertz CT molecular complexity index is 570. The lowest BCUT2D eigenvalue weighted by Gasteiger charge is -2.12. The number of pyridine rings is 1. The molecule has 20 heavy (non-hydrogen) atoms. The first kappa shape index (κ1) is 14.3. The summed E-state index contributed by atoms with van der Waals surface area (Å²) in [7, 11) is 3.34. The van der Waals surface area contributed by atoms with Gasteiger partial charge >= 0.3 is 0 Å². The number of hydrogen-bond acceptors (Lipinski definition) is 4. The Morgan fingerprint density at radius 3 is 2.55 bits per heavy atom. The van der Waals surface area contributed by atoms with Gasteiger partial charge in [-0.1, -0.05) is 0 Å². The summed E-state index contributed by atoms with van der Waals surface area (Å²) in [4.78, 5) is 4.10. The van der Waals surface area contributed by atoms with E-state index in [-0.39, 0.29) is 0 Å². The van der Waals surface area contributed by atoms with Crippen molar-refractivity contribution in [1.82, 2.24) is 10.3 Å². The molecule has 106 valence electrons. The Kier molecular flexibility index (Phi) is 4.96. The van der Waals surface area contributed by atoms with E-state index < -0.39 is 0 Å². The summed E-state index contributed by atoms with van der Waals surface area (Å²) < 4.78 is 10.6. The SMILES string of the molecule is COc1ccc(OC)c(CNCc2ccncc2C)c1. The van der Waals surface area contributed by atoms with Crippen LogP contribution in [0.15, 0.2) is 36.7 Å². The fourth-order valence-electron chi connectivity index (χ4n) is 2.05. The normalized spacial score (nSPS) is 10.3. The van der Waals surface area contributed by atoms with Crippen molar-refractivity contribution < 1.29 is 9.47 Å². The van der Waals surface area contributed by atoms with Crippen LogP contribution >= 0.6 is 0 Å². The fraction of sp³-hybridized carbons (Fsp3) is 0.312. The second kappa shape index (κ2) is 6.91. The van der Waals surface area contributed by atoms with Gasteiger partial charge in [0.05, 0.1) is 14.2 Å². The van der Waals surface area contributed by atoms with E-state index in [1.165, 1.54) is 11.1 Å². The number of rotatable bonds is 6. The molecule has 0 aliphatic heterocycles. The molecule has 1 heterocycles. The molecule has 1 aromatic carbocycles. The van der Waals surface area contributed by atoms with Crippen molar-refractivity contribution >= 4 is 0 Å². The van der Waals surface area contributed by atoms with Crippen LogP contribution in [0.3, 0.4) is 0 Å². The van der Waals surface area contributed by atoms with Crippen molar-refractivity contribution in [3.8, 4) is 11.5 Å². The van der Waals surface area contributed by atoms with Gasteiger partial charge in [-0.2, -0.15) is 0 Å². The zero-order chi connectivity index (χ0) is 14.4. The molecule has 4 heteroatoms. The highest BCUT2D eigenvalue weighted by atomic mass is 16.5. The van der Waals surface area contributed by atoms with Crippen LogP contribution in [-0.4, -0.2) is 19.2 Å². The van der Waals surface area contributed by atoms with Gasteiger partial charge < -0.3 is 14.8 Å². The summed E-state index contributed by atoms with van der Waals surface area (Å²) in [6, 6.07) is 7.85. The highest BCUT2D eigenvalue weighted by molar-refractivity contribution is 5.40. The molecule has 0 bridgehead atoms. The number of aryl methyl sites for hydroxylation is 1. The van der Waals surface area contributed by atoms with E-state index in [9.17, 15) is 0 Å². The Morgan fingerprint density at radius 2 is 1.85 bits per heavy atom. The molecule has 1 N–H and O–H groups in total. The molecule has 0 unspecified atom stereocenters. The molecule has 2 rings (SSSR count). The Balaban J connectivity index is 2.02. The minimum atomic E-state index is 0.724. The molecule has 2 aromatic rings. The first-order chi connectivity index (χ1) is 9.74. The third-order valence-electron chi connectivity index (χ3n) is 3.25. The average Bonchev–Trinajstić information content (AvgIpc) is 2.49. The molecule has 4 nitrogen and oxygen atoms in total. The molecular formula is C16H20N2O2. The van der Waals surface area contributed by atoms with Gasteiger partial charge in [0.25, 0.3) is 0 Å². The van der Waals surface area contributed by atoms with Gasteiger partial charge in [-0.05, 0) is 42.3 Å². The van der Waals surface area contributed by atoms with Gasteiger partial charge in [-0.15, -0.1) is 0 Å². The van der Waals surface area contributed by atoms with Crippen molar-refractivity contribution in [1.29, 1.82) is 0 Å². The molecule has 0 saturated heterocycles. The van der Waals surface area contributed by atoms with Gasteiger partial charge in [-0.25, -0.2) is 0 Å². The van der Waals surface area contributed by atoms with Crippen LogP contribution in [0.2, 0.25) is 0 Å². The van der Waals surface area contributed by atoms with Gasteiger partial charge in [0.15, 0.2) is 0 Å². The van der Waals surface area contributed by atoms with E-state index >= 15 is 0 Å². The molecule has 0 spiro atoms. The van der Waals surface area contributed by atoms with Crippen LogP contribution in [0, 0.1) is 6.92 Å². The summed E-state index contributed by atoms with van der Waals surface area (Å²) in [5, 5.41) is 3.42. The molecular weight excluding hydrogens is 252 g/mol. The second-order valence-corrected chi connectivity index (χ2v) is 4.58. The third-order valence-corrected chi connectivity index (χ3v) is 3.25. The van der Waals surface area contributed by atoms with Crippen LogP contribution in [0.1, 0.15) is 16.7 Å². The van der Waals surface area contributed by atoms with Gasteiger partial charge in [-0.3, -0.25) is 4.98 Å². The van der Waals surface area contributed by atoms with Crippen molar-refractivity contribution in [2.24, 2.45) is 0 Å². The average molecular weight is 272 g/mol. The van der Waals surface area contributed by atoms with Crippen LogP contribution in [0.4, 0.5) is 0 Å². The quantitative estimate of drug-likeness (QED) is 0.878. The van der Waals surface area contributed by atoms with Crippen molar-refractivity contribution in [3.63, 3.8) is 0 Å². The summed E-state index contributed by atoms with van der Waals surface area (Å²) >= 11 is 0. The molecule has 0 aliphatic rings.